The number of ether oxygens (including phenoxy) is 1. The van der Waals surface area contributed by atoms with E-state index in [4.69, 9.17) is 10.00 Å². The summed E-state index contributed by atoms with van der Waals surface area (Å²) in [6.07, 6.45) is 0. The highest BCUT2D eigenvalue weighted by molar-refractivity contribution is 5.90. The van der Waals surface area contributed by atoms with Crippen LogP contribution < -0.4 is 0 Å². The molecule has 0 aliphatic rings. The molecule has 0 atom stereocenters. The van der Waals surface area contributed by atoms with Crippen LogP contribution in [0.3, 0.4) is 0 Å². The molecule has 2 rings (SSSR count). The SMILES string of the molecule is N#CCOC(=O)c1ccc(-c2ccccc2)cc1. The van der Waals surface area contributed by atoms with E-state index in [9.17, 15) is 4.79 Å². The third kappa shape index (κ3) is 2.74. The van der Waals surface area contributed by atoms with E-state index in [1.165, 1.54) is 0 Å². The Morgan fingerprint density at radius 1 is 1.00 bits per heavy atom. The summed E-state index contributed by atoms with van der Waals surface area (Å²) in [4.78, 5) is 11.5. The zero-order chi connectivity index (χ0) is 12.8. The molecule has 0 bridgehead atoms. The van der Waals surface area contributed by atoms with Crippen LogP contribution in [-0.4, -0.2) is 12.6 Å². The molecule has 0 N–H and O–H groups in total. The Labute approximate surface area is 105 Å². The first-order chi connectivity index (χ1) is 8.81. The van der Waals surface area contributed by atoms with Crippen LogP contribution in [0.5, 0.6) is 0 Å². The van der Waals surface area contributed by atoms with Crippen molar-refractivity contribution in [2.45, 2.75) is 0 Å². The van der Waals surface area contributed by atoms with E-state index in [1.54, 1.807) is 18.2 Å². The van der Waals surface area contributed by atoms with E-state index >= 15 is 0 Å². The van der Waals surface area contributed by atoms with Gasteiger partial charge >= 0.3 is 5.97 Å². The molecule has 0 aromatic heterocycles. The van der Waals surface area contributed by atoms with Crippen LogP contribution in [0.1, 0.15) is 10.4 Å². The highest BCUT2D eigenvalue weighted by Crippen LogP contribution is 2.19. The van der Waals surface area contributed by atoms with Gasteiger partial charge in [0.25, 0.3) is 0 Å². The van der Waals surface area contributed by atoms with Crippen LogP contribution in [0.4, 0.5) is 0 Å². The molecule has 0 spiro atoms. The number of benzene rings is 2. The van der Waals surface area contributed by atoms with Gasteiger partial charge in [0.2, 0.25) is 0 Å². The summed E-state index contributed by atoms with van der Waals surface area (Å²) < 4.78 is 4.72. The number of nitriles is 1. The van der Waals surface area contributed by atoms with Crippen LogP contribution in [0, 0.1) is 11.3 Å². The number of nitrogens with zero attached hydrogens (tertiary/aromatic N) is 1. The maximum atomic E-state index is 11.5. The monoisotopic (exact) mass is 237 g/mol. The lowest BCUT2D eigenvalue weighted by atomic mass is 10.0. The molecule has 0 fully saturated rings. The summed E-state index contributed by atoms with van der Waals surface area (Å²) >= 11 is 0. The molecule has 2 aromatic carbocycles. The first kappa shape index (κ1) is 11.9. The van der Waals surface area contributed by atoms with Crippen LogP contribution in [0.25, 0.3) is 11.1 Å². The molecule has 0 saturated heterocycles. The van der Waals surface area contributed by atoms with Gasteiger partial charge in [-0.15, -0.1) is 0 Å². The topological polar surface area (TPSA) is 50.1 Å². The lowest BCUT2D eigenvalue weighted by Crippen LogP contribution is -2.04. The number of carbonyl (C=O) groups is 1. The summed E-state index contributed by atoms with van der Waals surface area (Å²) in [5.41, 5.74) is 2.58. The fraction of sp³-hybridized carbons (Fsp3) is 0.0667. The Hall–Kier alpha value is -2.60. The number of hydrogen-bond acceptors (Lipinski definition) is 3. The Morgan fingerprint density at radius 2 is 1.61 bits per heavy atom. The first-order valence-electron chi connectivity index (χ1n) is 5.51. The average molecular weight is 237 g/mol. The van der Waals surface area contributed by atoms with Crippen LogP contribution in [-0.2, 0) is 4.74 Å². The summed E-state index contributed by atoms with van der Waals surface area (Å²) in [6.45, 7) is -0.223. The summed E-state index contributed by atoms with van der Waals surface area (Å²) in [6, 6.07) is 18.8. The minimum absolute atomic E-state index is 0.223. The van der Waals surface area contributed by atoms with E-state index in [0.717, 1.165) is 11.1 Å². The molecule has 0 radical (unpaired) electrons. The fourth-order valence-electron chi connectivity index (χ4n) is 1.61. The zero-order valence-electron chi connectivity index (χ0n) is 9.67. The van der Waals surface area contributed by atoms with Crippen LogP contribution >= 0.6 is 0 Å². The van der Waals surface area contributed by atoms with Crippen molar-refractivity contribution in [3.8, 4) is 17.2 Å². The van der Waals surface area contributed by atoms with Crippen molar-refractivity contribution in [2.75, 3.05) is 6.61 Å². The fourth-order valence-corrected chi connectivity index (χ4v) is 1.61. The molecule has 0 unspecified atom stereocenters. The van der Waals surface area contributed by atoms with E-state index in [1.807, 2.05) is 42.5 Å². The molecule has 3 heteroatoms. The maximum Gasteiger partial charge on any atom is 0.339 e. The van der Waals surface area contributed by atoms with E-state index in [0.29, 0.717) is 5.56 Å². The number of carbonyl (C=O) groups excluding carboxylic acids is 1. The van der Waals surface area contributed by atoms with Crippen LogP contribution in [0.2, 0.25) is 0 Å². The predicted molar refractivity (Wildman–Crippen MR) is 67.8 cm³/mol. The molecule has 0 saturated carbocycles. The molecule has 0 heterocycles. The first-order valence-corrected chi connectivity index (χ1v) is 5.51. The molecule has 0 aliphatic carbocycles. The molecule has 0 amide bonds. The molecule has 88 valence electrons. The average Bonchev–Trinajstić information content (AvgIpc) is 2.46. The van der Waals surface area contributed by atoms with Gasteiger partial charge in [0, 0.05) is 0 Å². The highest BCUT2D eigenvalue weighted by atomic mass is 16.5. The minimum atomic E-state index is -0.476. The van der Waals surface area contributed by atoms with Crippen molar-refractivity contribution in [1.29, 1.82) is 5.26 Å². The van der Waals surface area contributed by atoms with E-state index in [-0.39, 0.29) is 6.61 Å². The van der Waals surface area contributed by atoms with E-state index in [2.05, 4.69) is 0 Å². The predicted octanol–water partition coefficient (Wildman–Crippen LogP) is 3.03. The van der Waals surface area contributed by atoms with Gasteiger partial charge in [-0.05, 0) is 23.3 Å². The van der Waals surface area contributed by atoms with Gasteiger partial charge in [-0.25, -0.2) is 4.79 Å². The summed E-state index contributed by atoms with van der Waals surface area (Å²) in [5, 5.41) is 8.33. The van der Waals surface area contributed by atoms with Gasteiger partial charge in [0.15, 0.2) is 6.61 Å². The smallest absolute Gasteiger partial charge is 0.339 e. The molecule has 0 aliphatic heterocycles. The molecular weight excluding hydrogens is 226 g/mol. The lowest BCUT2D eigenvalue weighted by molar-refractivity contribution is 0.0555. The number of rotatable bonds is 3. The van der Waals surface area contributed by atoms with E-state index < -0.39 is 5.97 Å². The minimum Gasteiger partial charge on any atom is -0.447 e. The van der Waals surface area contributed by atoms with Gasteiger partial charge in [0.1, 0.15) is 6.07 Å². The number of hydrogen-bond donors (Lipinski definition) is 0. The Kier molecular flexibility index (Phi) is 3.72. The Morgan fingerprint density at radius 3 is 2.22 bits per heavy atom. The second kappa shape index (κ2) is 5.65. The lowest BCUT2D eigenvalue weighted by Gasteiger charge is -2.03. The quantitative estimate of drug-likeness (QED) is 0.771. The molecule has 2 aromatic rings. The highest BCUT2D eigenvalue weighted by Gasteiger charge is 2.06. The molecule has 18 heavy (non-hydrogen) atoms. The maximum absolute atomic E-state index is 11.5. The van der Waals surface area contributed by atoms with Gasteiger partial charge in [-0.2, -0.15) is 5.26 Å². The Balaban J connectivity index is 2.16. The van der Waals surface area contributed by atoms with Crippen molar-refractivity contribution < 1.29 is 9.53 Å². The second-order valence-corrected chi connectivity index (χ2v) is 3.68. The van der Waals surface area contributed by atoms with Crippen molar-refractivity contribution >= 4 is 5.97 Å². The normalized spacial score (nSPS) is 9.50. The van der Waals surface area contributed by atoms with Gasteiger partial charge < -0.3 is 4.74 Å². The zero-order valence-corrected chi connectivity index (χ0v) is 9.67. The van der Waals surface area contributed by atoms with Crippen molar-refractivity contribution in [1.82, 2.24) is 0 Å². The van der Waals surface area contributed by atoms with Gasteiger partial charge in [0.05, 0.1) is 5.56 Å². The molecule has 3 nitrogen and oxygen atoms in total. The number of esters is 1. The van der Waals surface area contributed by atoms with Gasteiger partial charge in [-0.1, -0.05) is 42.5 Å². The third-order valence-electron chi connectivity index (χ3n) is 2.50. The van der Waals surface area contributed by atoms with Crippen LogP contribution in [0.15, 0.2) is 54.6 Å². The van der Waals surface area contributed by atoms with Crippen molar-refractivity contribution in [3.05, 3.63) is 60.2 Å². The summed E-state index contributed by atoms with van der Waals surface area (Å²) in [7, 11) is 0. The van der Waals surface area contributed by atoms with Crippen molar-refractivity contribution in [2.24, 2.45) is 0 Å². The largest absolute Gasteiger partial charge is 0.447 e. The summed E-state index contributed by atoms with van der Waals surface area (Å²) in [5.74, 6) is -0.476. The third-order valence-corrected chi connectivity index (χ3v) is 2.50. The van der Waals surface area contributed by atoms with Gasteiger partial charge in [-0.3, -0.25) is 0 Å². The van der Waals surface area contributed by atoms with Crippen molar-refractivity contribution in [3.63, 3.8) is 0 Å². The Bertz CT molecular complexity index is 568. The standard InChI is InChI=1S/C15H11NO2/c16-10-11-18-15(17)14-8-6-13(7-9-14)12-4-2-1-3-5-12/h1-9H,11H2. The second-order valence-electron chi connectivity index (χ2n) is 3.68. The molecular formula is C15H11NO2.